The molecule has 0 heterocycles. The van der Waals surface area contributed by atoms with Crippen LogP contribution in [-0.4, -0.2) is 103 Å². The number of hydrogen-bond donors (Lipinski definition) is 2. The summed E-state index contributed by atoms with van der Waals surface area (Å²) in [6.45, 7) is 0. The molecule has 0 aromatic heterocycles. The standard InChI is InChI=1S/CH4O4S.Al.H3N.12H2O.3H/c1-5-6(2,3)4;;;;;;;;;;;;;;;;;/h1H3,(H,2,3,4);;1H3;12*1H2;;;. The highest BCUT2D eigenvalue weighted by Gasteiger charge is 1.93. The van der Waals surface area contributed by atoms with Gasteiger partial charge >= 0.3 is 10.4 Å². The van der Waals surface area contributed by atoms with Crippen molar-refractivity contribution in [3.05, 3.63) is 0 Å². The van der Waals surface area contributed by atoms with Crippen LogP contribution in [0.5, 0.6) is 0 Å². The molecule has 0 rings (SSSR count). The fourth-order valence-electron chi connectivity index (χ4n) is 0. The van der Waals surface area contributed by atoms with Gasteiger partial charge in [0.2, 0.25) is 0 Å². The van der Waals surface area contributed by atoms with Crippen LogP contribution in [0.25, 0.3) is 0 Å². The van der Waals surface area contributed by atoms with Crippen molar-refractivity contribution in [1.82, 2.24) is 6.15 Å². The van der Waals surface area contributed by atoms with Crippen molar-refractivity contribution < 1.29 is 82.9 Å². The van der Waals surface area contributed by atoms with Gasteiger partial charge in [0.15, 0.2) is 17.4 Å². The summed E-state index contributed by atoms with van der Waals surface area (Å²) in [6.07, 6.45) is 0. The van der Waals surface area contributed by atoms with Crippen LogP contribution in [-0.2, 0) is 14.6 Å². The van der Waals surface area contributed by atoms with Gasteiger partial charge in [0, 0.05) is 0 Å². The lowest BCUT2D eigenvalue weighted by Crippen LogP contribution is -1.96. The molecule has 0 fully saturated rings. The molecule has 0 radical (unpaired) electrons. The Bertz CT molecular complexity index is 124. The second-order valence-corrected chi connectivity index (χ2v) is 1.78. The predicted octanol–water partition coefficient (Wildman–Crippen LogP) is -11.5. The zero-order valence-corrected chi connectivity index (χ0v) is 10.6. The van der Waals surface area contributed by atoms with Gasteiger partial charge in [0.25, 0.3) is 0 Å². The first kappa shape index (κ1) is 297. The third kappa shape index (κ3) is 613. The quantitative estimate of drug-likeness (QED) is 0.331. The summed E-state index contributed by atoms with van der Waals surface area (Å²) in [4.78, 5) is 0. The van der Waals surface area contributed by atoms with Gasteiger partial charge in [0.1, 0.15) is 0 Å². The molecule has 20 heavy (non-hydrogen) atoms. The predicted molar refractivity (Wildman–Crippen MR) is 76.9 cm³/mol. The SMILES string of the molecule is COS(=O)(=O)O.N.O.O.O.O.O.O.O.O.O.O.O.O.[AlH3]. The van der Waals surface area contributed by atoms with Crippen LogP contribution >= 0.6 is 0 Å². The maximum Gasteiger partial charge on any atom is 0.397 e. The third-order valence-corrected chi connectivity index (χ3v) is 0.632. The third-order valence-electron chi connectivity index (χ3n) is 0.211. The van der Waals surface area contributed by atoms with E-state index in [1.165, 1.54) is 0 Å². The average Bonchev–Trinajstić information content (AvgIpc) is 1.35. The van der Waals surface area contributed by atoms with Crippen LogP contribution in [0.4, 0.5) is 0 Å². The maximum atomic E-state index is 9.33. The van der Waals surface area contributed by atoms with Crippen molar-refractivity contribution in [1.29, 1.82) is 0 Å². The van der Waals surface area contributed by atoms with Crippen LogP contribution in [0, 0.1) is 0 Å². The summed E-state index contributed by atoms with van der Waals surface area (Å²) < 4.78 is 29.7. The molecule has 0 aliphatic rings. The fraction of sp³-hybridized carbons (Fsp3) is 1.00. The largest absolute Gasteiger partial charge is 0.412 e. The minimum atomic E-state index is -4.16. The van der Waals surface area contributed by atoms with Crippen molar-refractivity contribution in [2.45, 2.75) is 0 Å². The number of rotatable bonds is 1. The van der Waals surface area contributed by atoms with E-state index in [1.54, 1.807) is 0 Å². The second-order valence-electron chi connectivity index (χ2n) is 0.594. The van der Waals surface area contributed by atoms with Gasteiger partial charge in [-0.25, -0.2) is 0 Å². The minimum Gasteiger partial charge on any atom is -0.412 e. The Morgan fingerprint density at radius 3 is 0.700 bits per heavy atom. The zero-order chi connectivity index (χ0) is 5.21. The van der Waals surface area contributed by atoms with Gasteiger partial charge in [-0.1, -0.05) is 0 Å². The molecule has 0 aliphatic carbocycles. The summed E-state index contributed by atoms with van der Waals surface area (Å²) in [5.41, 5.74) is 0. The maximum absolute atomic E-state index is 9.33. The normalized spacial score (nSPS) is 3.50. The van der Waals surface area contributed by atoms with E-state index in [4.69, 9.17) is 4.55 Å². The smallest absolute Gasteiger partial charge is 0.397 e. The summed E-state index contributed by atoms with van der Waals surface area (Å²) in [5, 5.41) is 0. The van der Waals surface area contributed by atoms with Gasteiger partial charge in [-0.15, -0.1) is 0 Å². The van der Waals surface area contributed by atoms with Crippen molar-refractivity contribution in [2.24, 2.45) is 0 Å². The van der Waals surface area contributed by atoms with Gasteiger partial charge in [0.05, 0.1) is 7.11 Å². The Morgan fingerprint density at radius 1 is 0.650 bits per heavy atom. The summed E-state index contributed by atoms with van der Waals surface area (Å²) in [6, 6.07) is 0. The summed E-state index contributed by atoms with van der Waals surface area (Å²) in [7, 11) is -3.29. The van der Waals surface area contributed by atoms with Crippen LogP contribution in [0.3, 0.4) is 0 Å². The fourth-order valence-corrected chi connectivity index (χ4v) is 0. The monoisotopic (exact) mass is 375 g/mol. The molecule has 0 aromatic carbocycles. The first-order chi connectivity index (χ1) is 2.56. The minimum absolute atomic E-state index is 0. The van der Waals surface area contributed by atoms with Gasteiger partial charge in [-0.05, 0) is 0 Å². The molecule has 19 heteroatoms. The highest BCUT2D eigenvalue weighted by Crippen LogP contribution is 1.74. The first-order valence-corrected chi connectivity index (χ1v) is 2.46. The molecule has 148 valence electrons. The Balaban J connectivity index is -0.00000000137. The first-order valence-electron chi connectivity index (χ1n) is 1.09. The Kier molecular flexibility index (Phi) is 1900. The summed E-state index contributed by atoms with van der Waals surface area (Å²) >= 11 is 0. The molecular weight excluding hydrogens is 341 g/mol. The van der Waals surface area contributed by atoms with Gasteiger partial charge < -0.3 is 71.9 Å². The lowest BCUT2D eigenvalue weighted by Gasteiger charge is -1.82. The van der Waals surface area contributed by atoms with Gasteiger partial charge in [-0.2, -0.15) is 8.42 Å². The van der Waals surface area contributed by atoms with Crippen molar-refractivity contribution in [3.63, 3.8) is 0 Å². The topological polar surface area (TPSA) is 477 Å². The molecule has 0 atom stereocenters. The van der Waals surface area contributed by atoms with Crippen molar-refractivity contribution in [3.8, 4) is 0 Å². The molecule has 28 N–H and O–H groups in total. The lowest BCUT2D eigenvalue weighted by molar-refractivity contribution is 0.324. The highest BCUT2D eigenvalue weighted by molar-refractivity contribution is 7.80. The lowest BCUT2D eigenvalue weighted by atomic mass is 11.8. The highest BCUT2D eigenvalue weighted by atomic mass is 32.3. The van der Waals surface area contributed by atoms with Crippen molar-refractivity contribution >= 4 is 27.8 Å². The molecule has 0 spiro atoms. The van der Waals surface area contributed by atoms with Crippen LogP contribution in [0.2, 0.25) is 0 Å². The van der Waals surface area contributed by atoms with E-state index >= 15 is 0 Å². The van der Waals surface area contributed by atoms with E-state index in [2.05, 4.69) is 4.18 Å². The van der Waals surface area contributed by atoms with Crippen LogP contribution in [0.15, 0.2) is 0 Å². The van der Waals surface area contributed by atoms with E-state index in [0.717, 1.165) is 7.11 Å². The molecule has 0 bridgehead atoms. The summed E-state index contributed by atoms with van der Waals surface area (Å²) in [5.74, 6) is 0. The molecular formula is CH34AlNO16S. The van der Waals surface area contributed by atoms with Crippen LogP contribution in [0.1, 0.15) is 0 Å². The molecule has 0 saturated heterocycles. The second kappa shape index (κ2) is 127. The molecule has 0 amide bonds. The molecule has 0 aliphatic heterocycles. The van der Waals surface area contributed by atoms with Crippen molar-refractivity contribution in [2.75, 3.05) is 7.11 Å². The average molecular weight is 375 g/mol. The van der Waals surface area contributed by atoms with E-state index in [-0.39, 0.29) is 89.2 Å². The van der Waals surface area contributed by atoms with E-state index in [9.17, 15) is 8.42 Å². The zero-order valence-electron chi connectivity index (χ0n) is 9.79. The molecule has 17 nitrogen and oxygen atoms in total. The molecule has 0 saturated carbocycles. The molecule has 0 aromatic rings. The Morgan fingerprint density at radius 2 is 0.700 bits per heavy atom. The van der Waals surface area contributed by atoms with E-state index < -0.39 is 10.4 Å². The molecule has 0 unspecified atom stereocenters. The Hall–Kier alpha value is -0.118. The van der Waals surface area contributed by atoms with Crippen LogP contribution < -0.4 is 6.15 Å². The van der Waals surface area contributed by atoms with E-state index in [1.807, 2.05) is 0 Å². The van der Waals surface area contributed by atoms with Gasteiger partial charge in [-0.3, -0.25) is 8.74 Å². The Labute approximate surface area is 124 Å². The number of hydrogen-bond acceptors (Lipinski definition) is 4. The van der Waals surface area contributed by atoms with E-state index in [0.29, 0.717) is 0 Å².